The smallest absolute Gasteiger partial charge is 0.173 e. The number of fused-ring (bicyclic) bond motifs is 1. The summed E-state index contributed by atoms with van der Waals surface area (Å²) in [6.45, 7) is 2.75. The van der Waals surface area contributed by atoms with Gasteiger partial charge in [-0.2, -0.15) is 0 Å². The van der Waals surface area contributed by atoms with E-state index < -0.39 is 5.79 Å². The van der Waals surface area contributed by atoms with Crippen LogP contribution in [0.4, 0.5) is 5.69 Å². The van der Waals surface area contributed by atoms with Crippen molar-refractivity contribution >= 4 is 28.1 Å². The van der Waals surface area contributed by atoms with Crippen LogP contribution in [0, 0.1) is 0 Å². The Morgan fingerprint density at radius 1 is 1.22 bits per heavy atom. The number of hydrogen-bond donors (Lipinski definition) is 1. The highest BCUT2D eigenvalue weighted by Gasteiger charge is 2.42. The summed E-state index contributed by atoms with van der Waals surface area (Å²) in [7, 11) is 0. The number of hydrogen-bond acceptors (Lipinski definition) is 5. The third kappa shape index (κ3) is 3.28. The average Bonchev–Trinajstić information content (AvgIpc) is 2.95. The molecule has 23 heavy (non-hydrogen) atoms. The monoisotopic (exact) mass is 334 g/mol. The molecule has 2 aliphatic rings. The Morgan fingerprint density at radius 2 is 2.09 bits per heavy atom. The molecule has 2 fully saturated rings. The minimum Gasteiger partial charge on any atom is -0.382 e. The number of anilines is 1. The Bertz CT molecular complexity index is 703. The predicted molar refractivity (Wildman–Crippen MR) is 88.9 cm³/mol. The summed E-state index contributed by atoms with van der Waals surface area (Å²) in [5.41, 5.74) is 1.04. The first kappa shape index (κ1) is 15.1. The van der Waals surface area contributed by atoms with Gasteiger partial charge in [0.2, 0.25) is 0 Å². The molecule has 1 N–H and O–H groups in total. The molecule has 0 amide bonds. The standard InChI is InChI=1S/C17H19ClN2O3/c18-16-8-13-7-14(2-1-12(13)9-20-16)19-10-15-11-22-17(23-15)3-5-21-6-4-17/h1-2,7-9,15,19H,3-6,10-11H2. The lowest BCUT2D eigenvalue weighted by molar-refractivity contribution is -0.209. The van der Waals surface area contributed by atoms with Gasteiger partial charge in [0, 0.05) is 36.7 Å². The van der Waals surface area contributed by atoms with Gasteiger partial charge >= 0.3 is 0 Å². The van der Waals surface area contributed by atoms with Crippen molar-refractivity contribution in [1.29, 1.82) is 0 Å². The normalized spacial score (nSPS) is 23.4. The third-order valence-electron chi connectivity index (χ3n) is 4.39. The highest BCUT2D eigenvalue weighted by molar-refractivity contribution is 6.30. The van der Waals surface area contributed by atoms with Gasteiger partial charge in [-0.25, -0.2) is 4.98 Å². The Kier molecular flexibility index (Phi) is 4.11. The summed E-state index contributed by atoms with van der Waals surface area (Å²) in [6, 6.07) is 8.02. The lowest BCUT2D eigenvalue weighted by Gasteiger charge is -2.31. The lowest BCUT2D eigenvalue weighted by atomic mass is 10.1. The van der Waals surface area contributed by atoms with E-state index in [1.807, 2.05) is 18.2 Å². The van der Waals surface area contributed by atoms with Crippen LogP contribution in [-0.2, 0) is 14.2 Å². The van der Waals surface area contributed by atoms with Crippen molar-refractivity contribution in [2.24, 2.45) is 0 Å². The molecule has 4 rings (SSSR count). The number of aromatic nitrogens is 1. The number of halogens is 1. The molecular weight excluding hydrogens is 316 g/mol. The van der Waals surface area contributed by atoms with E-state index in [9.17, 15) is 0 Å². The first-order valence-electron chi connectivity index (χ1n) is 7.91. The molecule has 0 bridgehead atoms. The van der Waals surface area contributed by atoms with Gasteiger partial charge in [0.05, 0.1) is 19.8 Å². The molecule has 122 valence electrons. The molecule has 1 unspecified atom stereocenters. The summed E-state index contributed by atoms with van der Waals surface area (Å²) >= 11 is 5.96. The van der Waals surface area contributed by atoms with Crippen molar-refractivity contribution in [3.05, 3.63) is 35.6 Å². The van der Waals surface area contributed by atoms with Crippen molar-refractivity contribution in [1.82, 2.24) is 4.98 Å². The van der Waals surface area contributed by atoms with Crippen LogP contribution in [0.15, 0.2) is 30.5 Å². The molecule has 1 aromatic heterocycles. The zero-order chi connectivity index (χ0) is 15.7. The van der Waals surface area contributed by atoms with Crippen LogP contribution in [0.25, 0.3) is 10.8 Å². The zero-order valence-electron chi connectivity index (χ0n) is 12.8. The second kappa shape index (κ2) is 6.24. The lowest BCUT2D eigenvalue weighted by Crippen LogP contribution is -2.38. The van der Waals surface area contributed by atoms with E-state index in [4.69, 9.17) is 25.8 Å². The molecule has 1 aromatic carbocycles. The van der Waals surface area contributed by atoms with Crippen LogP contribution in [0.2, 0.25) is 5.15 Å². The van der Waals surface area contributed by atoms with E-state index in [1.165, 1.54) is 0 Å². The summed E-state index contributed by atoms with van der Waals surface area (Å²) < 4.78 is 17.4. The maximum Gasteiger partial charge on any atom is 0.173 e. The van der Waals surface area contributed by atoms with Crippen LogP contribution >= 0.6 is 11.6 Å². The molecule has 0 radical (unpaired) electrons. The van der Waals surface area contributed by atoms with Crippen molar-refractivity contribution in [3.8, 4) is 0 Å². The summed E-state index contributed by atoms with van der Waals surface area (Å²) in [4.78, 5) is 4.09. The highest BCUT2D eigenvalue weighted by atomic mass is 35.5. The van der Waals surface area contributed by atoms with E-state index in [2.05, 4.69) is 16.4 Å². The highest BCUT2D eigenvalue weighted by Crippen LogP contribution is 2.33. The van der Waals surface area contributed by atoms with Crippen molar-refractivity contribution in [3.63, 3.8) is 0 Å². The Hall–Kier alpha value is -1.40. The SMILES string of the molecule is Clc1cc2cc(NCC3COC4(CCOCC4)O3)ccc2cn1. The van der Waals surface area contributed by atoms with Gasteiger partial charge in [-0.1, -0.05) is 17.7 Å². The van der Waals surface area contributed by atoms with Crippen LogP contribution in [-0.4, -0.2) is 43.2 Å². The van der Waals surface area contributed by atoms with Crippen LogP contribution < -0.4 is 5.32 Å². The largest absolute Gasteiger partial charge is 0.382 e. The fraction of sp³-hybridized carbons (Fsp3) is 0.471. The second-order valence-electron chi connectivity index (χ2n) is 6.02. The first-order chi connectivity index (χ1) is 11.2. The van der Waals surface area contributed by atoms with Crippen LogP contribution in [0.1, 0.15) is 12.8 Å². The molecular formula is C17H19ClN2O3. The third-order valence-corrected chi connectivity index (χ3v) is 4.60. The molecule has 2 saturated heterocycles. The van der Waals surface area contributed by atoms with Gasteiger partial charge in [-0.3, -0.25) is 0 Å². The van der Waals surface area contributed by atoms with Gasteiger partial charge in [-0.15, -0.1) is 0 Å². The molecule has 3 heterocycles. The van der Waals surface area contributed by atoms with E-state index in [-0.39, 0.29) is 6.10 Å². The maximum atomic E-state index is 6.12. The maximum absolute atomic E-state index is 6.12. The topological polar surface area (TPSA) is 52.6 Å². The molecule has 6 heteroatoms. The summed E-state index contributed by atoms with van der Waals surface area (Å²) in [5, 5.41) is 6.06. The molecule has 5 nitrogen and oxygen atoms in total. The number of pyridine rings is 1. The number of rotatable bonds is 3. The van der Waals surface area contributed by atoms with E-state index >= 15 is 0 Å². The molecule has 1 spiro atoms. The summed E-state index contributed by atoms with van der Waals surface area (Å²) in [6.07, 6.45) is 3.46. The van der Waals surface area contributed by atoms with Gasteiger partial charge in [-0.05, 0) is 23.6 Å². The molecule has 2 aliphatic heterocycles. The van der Waals surface area contributed by atoms with Crippen molar-refractivity contribution in [2.75, 3.05) is 31.7 Å². The molecule has 1 atom stereocenters. The van der Waals surface area contributed by atoms with Crippen molar-refractivity contribution in [2.45, 2.75) is 24.7 Å². The fourth-order valence-electron chi connectivity index (χ4n) is 3.12. The zero-order valence-corrected chi connectivity index (χ0v) is 13.5. The minimum atomic E-state index is -0.423. The van der Waals surface area contributed by atoms with E-state index in [0.717, 1.165) is 29.3 Å². The van der Waals surface area contributed by atoms with Crippen molar-refractivity contribution < 1.29 is 14.2 Å². The summed E-state index contributed by atoms with van der Waals surface area (Å²) in [5.74, 6) is -0.423. The minimum absolute atomic E-state index is 0.0600. The number of nitrogens with zero attached hydrogens (tertiary/aromatic N) is 1. The van der Waals surface area contributed by atoms with E-state index in [1.54, 1.807) is 6.20 Å². The van der Waals surface area contributed by atoms with Gasteiger partial charge in [0.15, 0.2) is 5.79 Å². The molecule has 2 aromatic rings. The van der Waals surface area contributed by atoms with Gasteiger partial charge in [0.25, 0.3) is 0 Å². The molecule has 0 aliphatic carbocycles. The quantitative estimate of drug-likeness (QED) is 0.873. The number of benzene rings is 1. The first-order valence-corrected chi connectivity index (χ1v) is 8.29. The molecule has 0 saturated carbocycles. The second-order valence-corrected chi connectivity index (χ2v) is 6.41. The Labute approximate surface area is 139 Å². The Balaban J connectivity index is 1.39. The average molecular weight is 335 g/mol. The Morgan fingerprint density at radius 3 is 2.96 bits per heavy atom. The number of ether oxygens (including phenoxy) is 3. The van der Waals surface area contributed by atoms with E-state index in [0.29, 0.717) is 31.5 Å². The fourth-order valence-corrected chi connectivity index (χ4v) is 3.28. The van der Waals surface area contributed by atoms with Gasteiger partial charge < -0.3 is 19.5 Å². The van der Waals surface area contributed by atoms with Gasteiger partial charge in [0.1, 0.15) is 11.3 Å². The predicted octanol–water partition coefficient (Wildman–Crippen LogP) is 3.22. The van der Waals surface area contributed by atoms with Crippen LogP contribution in [0.5, 0.6) is 0 Å². The van der Waals surface area contributed by atoms with Crippen LogP contribution in [0.3, 0.4) is 0 Å². The number of nitrogens with one attached hydrogen (secondary N) is 1.